The van der Waals surface area contributed by atoms with E-state index < -0.39 is 0 Å². The Morgan fingerprint density at radius 2 is 1.97 bits per heavy atom. The molecule has 0 fully saturated rings. The number of aromatic nitrogens is 5. The second kappa shape index (κ2) is 8.48. The average molecular weight is 407 g/mol. The van der Waals surface area contributed by atoms with E-state index >= 15 is 0 Å². The van der Waals surface area contributed by atoms with Crippen LogP contribution in [0, 0.1) is 0 Å². The van der Waals surface area contributed by atoms with Gasteiger partial charge in [-0.05, 0) is 43.7 Å². The molecule has 7 nitrogen and oxygen atoms in total. The minimum absolute atomic E-state index is 0.00538. The average Bonchev–Trinajstić information content (AvgIpc) is 3.42. The third-order valence-corrected chi connectivity index (χ3v) is 5.86. The van der Waals surface area contributed by atoms with Gasteiger partial charge in [-0.15, -0.1) is 11.8 Å². The first-order valence-electron chi connectivity index (χ1n) is 9.41. The van der Waals surface area contributed by atoms with E-state index in [1.807, 2.05) is 55.5 Å². The van der Waals surface area contributed by atoms with Crippen LogP contribution in [0.5, 0.6) is 0 Å². The summed E-state index contributed by atoms with van der Waals surface area (Å²) < 4.78 is 1.70. The van der Waals surface area contributed by atoms with Crippen molar-refractivity contribution in [1.29, 1.82) is 0 Å². The van der Waals surface area contributed by atoms with Gasteiger partial charge in [0.25, 0.3) is 0 Å². The second-order valence-corrected chi connectivity index (χ2v) is 8.14. The zero-order valence-corrected chi connectivity index (χ0v) is 17.1. The lowest BCUT2D eigenvalue weighted by atomic mass is 10.1. The molecule has 2 aromatic carbocycles. The summed E-state index contributed by atoms with van der Waals surface area (Å²) in [6, 6.07) is 15.8. The Hall–Kier alpha value is -3.13. The van der Waals surface area contributed by atoms with Crippen LogP contribution in [0.1, 0.15) is 36.5 Å². The van der Waals surface area contributed by atoms with Crippen LogP contribution in [-0.4, -0.2) is 36.4 Å². The lowest BCUT2D eigenvalue weighted by Crippen LogP contribution is -2.28. The van der Waals surface area contributed by atoms with Crippen LogP contribution < -0.4 is 5.32 Å². The number of fused-ring (bicyclic) bond motifs is 1. The summed E-state index contributed by atoms with van der Waals surface area (Å²) in [6.07, 6.45) is 3.15. The van der Waals surface area contributed by atoms with Crippen molar-refractivity contribution in [3.63, 3.8) is 0 Å². The number of para-hydroxylation sites is 2. The molecule has 0 saturated carbocycles. The number of benzene rings is 2. The highest BCUT2D eigenvalue weighted by Crippen LogP contribution is 2.27. The van der Waals surface area contributed by atoms with Gasteiger partial charge in [-0.1, -0.05) is 24.3 Å². The number of rotatable bonds is 7. The first-order valence-corrected chi connectivity index (χ1v) is 10.5. The molecule has 148 valence electrons. The molecule has 4 rings (SSSR count). The molecule has 29 heavy (non-hydrogen) atoms. The van der Waals surface area contributed by atoms with Gasteiger partial charge in [-0.3, -0.25) is 4.79 Å². The van der Waals surface area contributed by atoms with E-state index in [1.165, 1.54) is 6.33 Å². The van der Waals surface area contributed by atoms with Crippen molar-refractivity contribution < 1.29 is 4.79 Å². The van der Waals surface area contributed by atoms with Crippen molar-refractivity contribution in [2.24, 2.45) is 0 Å². The lowest BCUT2D eigenvalue weighted by molar-refractivity contribution is -0.119. The number of amides is 1. The maximum atomic E-state index is 12.4. The summed E-state index contributed by atoms with van der Waals surface area (Å²) in [6.45, 7) is 4.04. The van der Waals surface area contributed by atoms with Crippen LogP contribution in [0.15, 0.2) is 61.2 Å². The number of nitrogens with zero attached hydrogens (tertiary/aromatic N) is 4. The zero-order chi connectivity index (χ0) is 20.2. The van der Waals surface area contributed by atoms with Gasteiger partial charge in [0.2, 0.25) is 5.91 Å². The van der Waals surface area contributed by atoms with E-state index in [0.29, 0.717) is 5.75 Å². The molecule has 1 amide bonds. The van der Waals surface area contributed by atoms with Crippen LogP contribution in [0.2, 0.25) is 0 Å². The Kier molecular flexibility index (Phi) is 5.62. The molecule has 2 aromatic heterocycles. The molecule has 0 unspecified atom stereocenters. The molecule has 2 N–H and O–H groups in total. The minimum Gasteiger partial charge on any atom is -0.349 e. The molecule has 2 atom stereocenters. The standard InChI is InChI=1S/C21H22N6OS/c1-14(16-7-9-17(10-8-16)27-13-22-12-23-27)24-20(28)11-29-15(2)21-25-18-5-3-4-6-19(18)26-21/h3-10,12-15H,11H2,1-2H3,(H,24,28)(H,25,26)/t14-,15+/m1/s1. The molecule has 0 aliphatic rings. The normalized spacial score (nSPS) is 13.3. The number of thioether (sulfide) groups is 1. The number of nitrogens with one attached hydrogen (secondary N) is 2. The molecule has 0 bridgehead atoms. The molecule has 0 spiro atoms. The summed E-state index contributed by atoms with van der Waals surface area (Å²) in [5.74, 6) is 1.27. The molecular formula is C21H22N6OS. The Bertz CT molecular complexity index is 1060. The van der Waals surface area contributed by atoms with Gasteiger partial charge in [0, 0.05) is 0 Å². The second-order valence-electron chi connectivity index (χ2n) is 6.81. The Labute approximate surface area is 173 Å². The van der Waals surface area contributed by atoms with Crippen LogP contribution in [0.3, 0.4) is 0 Å². The highest BCUT2D eigenvalue weighted by atomic mass is 32.2. The topological polar surface area (TPSA) is 88.5 Å². The van der Waals surface area contributed by atoms with Crippen LogP contribution in [0.4, 0.5) is 0 Å². The fourth-order valence-electron chi connectivity index (χ4n) is 3.07. The van der Waals surface area contributed by atoms with E-state index in [-0.39, 0.29) is 17.2 Å². The number of aromatic amines is 1. The molecular weight excluding hydrogens is 384 g/mol. The molecule has 0 radical (unpaired) electrons. The molecule has 2 heterocycles. The SMILES string of the molecule is C[C@H](SCC(=O)N[C@H](C)c1ccc(-n2cncn2)cc1)c1nc2ccccc2[nH]1. The summed E-state index contributed by atoms with van der Waals surface area (Å²) in [7, 11) is 0. The van der Waals surface area contributed by atoms with Crippen molar-refractivity contribution in [3.8, 4) is 5.69 Å². The molecule has 0 aliphatic carbocycles. The summed E-state index contributed by atoms with van der Waals surface area (Å²) in [5, 5.41) is 7.28. The number of imidazole rings is 1. The van der Waals surface area contributed by atoms with Gasteiger partial charge in [-0.2, -0.15) is 5.10 Å². The van der Waals surface area contributed by atoms with Crippen molar-refractivity contribution in [3.05, 3.63) is 72.6 Å². The Balaban J connectivity index is 1.30. The Morgan fingerprint density at radius 1 is 1.17 bits per heavy atom. The largest absolute Gasteiger partial charge is 0.349 e. The van der Waals surface area contributed by atoms with Gasteiger partial charge in [-0.25, -0.2) is 14.6 Å². The first kappa shape index (κ1) is 19.2. The van der Waals surface area contributed by atoms with Crippen LogP contribution in [-0.2, 0) is 4.79 Å². The van der Waals surface area contributed by atoms with Gasteiger partial charge < -0.3 is 10.3 Å². The monoisotopic (exact) mass is 406 g/mol. The predicted molar refractivity (Wildman–Crippen MR) is 115 cm³/mol. The number of carbonyl (C=O) groups is 1. The molecule has 4 aromatic rings. The fraction of sp³-hybridized carbons (Fsp3) is 0.238. The van der Waals surface area contributed by atoms with E-state index in [1.54, 1.807) is 22.8 Å². The third kappa shape index (κ3) is 4.48. The molecule has 8 heteroatoms. The van der Waals surface area contributed by atoms with E-state index in [2.05, 4.69) is 32.3 Å². The number of hydrogen-bond donors (Lipinski definition) is 2. The molecule has 0 aliphatic heterocycles. The number of carbonyl (C=O) groups excluding carboxylic acids is 1. The fourth-order valence-corrected chi connectivity index (χ4v) is 3.82. The summed E-state index contributed by atoms with van der Waals surface area (Å²) in [5.41, 5.74) is 3.93. The Morgan fingerprint density at radius 3 is 2.69 bits per heavy atom. The smallest absolute Gasteiger partial charge is 0.230 e. The van der Waals surface area contributed by atoms with E-state index in [4.69, 9.17) is 0 Å². The minimum atomic E-state index is -0.0746. The first-order chi connectivity index (χ1) is 14.1. The predicted octanol–water partition coefficient (Wildman–Crippen LogP) is 3.82. The summed E-state index contributed by atoms with van der Waals surface area (Å²) >= 11 is 1.57. The maximum absolute atomic E-state index is 12.4. The van der Waals surface area contributed by atoms with Crippen molar-refractivity contribution in [2.75, 3.05) is 5.75 Å². The number of hydrogen-bond acceptors (Lipinski definition) is 5. The van der Waals surface area contributed by atoms with Gasteiger partial charge >= 0.3 is 0 Å². The third-order valence-electron chi connectivity index (χ3n) is 4.71. The van der Waals surface area contributed by atoms with Crippen LogP contribution >= 0.6 is 11.8 Å². The van der Waals surface area contributed by atoms with Crippen molar-refractivity contribution >= 4 is 28.7 Å². The summed E-state index contributed by atoms with van der Waals surface area (Å²) in [4.78, 5) is 24.3. The lowest BCUT2D eigenvalue weighted by Gasteiger charge is -2.15. The zero-order valence-electron chi connectivity index (χ0n) is 16.2. The quantitative estimate of drug-likeness (QED) is 0.487. The van der Waals surface area contributed by atoms with Crippen molar-refractivity contribution in [1.82, 2.24) is 30.0 Å². The highest BCUT2D eigenvalue weighted by Gasteiger charge is 2.15. The van der Waals surface area contributed by atoms with Gasteiger partial charge in [0.05, 0.1) is 33.8 Å². The van der Waals surface area contributed by atoms with E-state index in [0.717, 1.165) is 28.1 Å². The van der Waals surface area contributed by atoms with E-state index in [9.17, 15) is 4.79 Å². The highest BCUT2D eigenvalue weighted by molar-refractivity contribution is 8.00. The molecule has 0 saturated heterocycles. The maximum Gasteiger partial charge on any atom is 0.230 e. The van der Waals surface area contributed by atoms with Gasteiger partial charge in [0.15, 0.2) is 0 Å². The van der Waals surface area contributed by atoms with Crippen molar-refractivity contribution in [2.45, 2.75) is 25.1 Å². The van der Waals surface area contributed by atoms with Crippen LogP contribution in [0.25, 0.3) is 16.7 Å². The van der Waals surface area contributed by atoms with Gasteiger partial charge in [0.1, 0.15) is 18.5 Å². The number of H-pyrrole nitrogens is 1.